The van der Waals surface area contributed by atoms with Gasteiger partial charge in [-0.25, -0.2) is 10.2 Å². The van der Waals surface area contributed by atoms with Crippen molar-refractivity contribution in [1.29, 1.82) is 0 Å². The van der Waals surface area contributed by atoms with Crippen molar-refractivity contribution in [3.05, 3.63) is 47.7 Å². The van der Waals surface area contributed by atoms with Crippen LogP contribution in [0.5, 0.6) is 0 Å². The third-order valence-corrected chi connectivity index (χ3v) is 2.57. The van der Waals surface area contributed by atoms with Crippen molar-refractivity contribution in [2.75, 3.05) is 0 Å². The molecule has 1 heterocycles. The first-order valence-electron chi connectivity index (χ1n) is 5.86. The van der Waals surface area contributed by atoms with Crippen molar-refractivity contribution < 1.29 is 14.0 Å². The summed E-state index contributed by atoms with van der Waals surface area (Å²) in [6, 6.07) is 9.82. The number of nitrogens with one attached hydrogen (secondary N) is 1. The molecule has 6 heteroatoms. The topological polar surface area (TPSA) is 97.7 Å². The second-order valence-electron chi connectivity index (χ2n) is 4.07. The lowest BCUT2D eigenvalue weighted by Crippen LogP contribution is -2.24. The number of primary amides is 1. The Morgan fingerprint density at radius 3 is 2.50 bits per heavy atom. The predicted molar refractivity (Wildman–Crippen MR) is 74.5 cm³/mol. The van der Waals surface area contributed by atoms with Crippen LogP contribution in [0.3, 0.4) is 0 Å². The Labute approximate surface area is 115 Å². The van der Waals surface area contributed by atoms with Gasteiger partial charge < -0.3 is 10.2 Å². The van der Waals surface area contributed by atoms with E-state index in [1.807, 2.05) is 0 Å². The van der Waals surface area contributed by atoms with Crippen LogP contribution >= 0.6 is 0 Å². The minimum absolute atomic E-state index is 0.0151. The van der Waals surface area contributed by atoms with E-state index in [9.17, 15) is 9.59 Å². The Morgan fingerprint density at radius 2 is 1.90 bits per heavy atom. The van der Waals surface area contributed by atoms with E-state index in [1.54, 1.807) is 36.4 Å². The quantitative estimate of drug-likeness (QED) is 0.506. The first kappa shape index (κ1) is 13.5. The molecule has 1 aromatic carbocycles. The van der Waals surface area contributed by atoms with E-state index in [1.165, 1.54) is 13.1 Å². The zero-order valence-corrected chi connectivity index (χ0v) is 10.8. The second kappa shape index (κ2) is 5.83. The molecule has 1 aromatic heterocycles. The fraction of sp³-hybridized carbons (Fsp3) is 0.0714. The van der Waals surface area contributed by atoms with Gasteiger partial charge in [-0.3, -0.25) is 4.79 Å². The lowest BCUT2D eigenvalue weighted by Gasteiger charge is -1.98. The van der Waals surface area contributed by atoms with E-state index < -0.39 is 6.03 Å². The number of hydrazone groups is 1. The summed E-state index contributed by atoms with van der Waals surface area (Å²) >= 11 is 0. The minimum Gasteiger partial charge on any atom is -0.455 e. The Kier molecular flexibility index (Phi) is 3.95. The number of Topliss-reactive ketones (excluding diaryl/α,β-unsaturated/α-hetero) is 1. The minimum atomic E-state index is -0.743. The average Bonchev–Trinajstić information content (AvgIpc) is 2.87. The highest BCUT2D eigenvalue weighted by molar-refractivity contribution is 5.94. The highest BCUT2D eigenvalue weighted by Crippen LogP contribution is 2.22. The first-order valence-corrected chi connectivity index (χ1v) is 5.86. The Hall–Kier alpha value is -2.89. The summed E-state index contributed by atoms with van der Waals surface area (Å²) in [4.78, 5) is 21.6. The van der Waals surface area contributed by atoms with Crippen molar-refractivity contribution in [1.82, 2.24) is 5.43 Å². The molecule has 0 saturated carbocycles. The Bertz CT molecular complexity index is 657. The SMILES string of the molecule is CC(=O)c1ccc(-c2ccc(/C=N\NC(N)=O)o2)cc1. The lowest BCUT2D eigenvalue weighted by atomic mass is 10.1. The van der Waals surface area contributed by atoms with Gasteiger partial charge in [0.05, 0.1) is 6.21 Å². The van der Waals surface area contributed by atoms with Crippen LogP contribution < -0.4 is 11.2 Å². The molecular formula is C14H13N3O3. The molecule has 0 spiro atoms. The zero-order chi connectivity index (χ0) is 14.5. The fourth-order valence-corrected chi connectivity index (χ4v) is 1.61. The van der Waals surface area contributed by atoms with Crippen LogP contribution in [-0.4, -0.2) is 18.0 Å². The standard InChI is InChI=1S/C14H13N3O3/c1-9(18)10-2-4-11(5-3-10)13-7-6-12(20-13)8-16-17-14(15)19/h2-8H,1H3,(H3,15,17,19)/b16-8-. The number of carbonyl (C=O) groups excluding carboxylic acids is 2. The molecule has 0 radical (unpaired) electrons. The van der Waals surface area contributed by atoms with Crippen LogP contribution in [0.15, 0.2) is 45.9 Å². The molecule has 20 heavy (non-hydrogen) atoms. The normalized spacial score (nSPS) is 10.7. The van der Waals surface area contributed by atoms with Gasteiger partial charge in [0.2, 0.25) is 0 Å². The Balaban J connectivity index is 2.14. The van der Waals surface area contributed by atoms with Gasteiger partial charge in [0.15, 0.2) is 5.78 Å². The number of nitrogens with two attached hydrogens (primary N) is 1. The molecule has 2 aromatic rings. The molecule has 2 rings (SSSR count). The van der Waals surface area contributed by atoms with Crippen LogP contribution in [0.4, 0.5) is 4.79 Å². The number of carbonyl (C=O) groups is 2. The molecule has 0 unspecified atom stereocenters. The summed E-state index contributed by atoms with van der Waals surface area (Å²) in [7, 11) is 0. The highest BCUT2D eigenvalue weighted by atomic mass is 16.3. The van der Waals surface area contributed by atoms with Gasteiger partial charge in [0, 0.05) is 11.1 Å². The first-order chi connectivity index (χ1) is 9.56. The predicted octanol–water partition coefficient (Wildman–Crippen LogP) is 2.15. The number of nitrogens with zero attached hydrogens (tertiary/aromatic N) is 1. The summed E-state index contributed by atoms with van der Waals surface area (Å²) in [5.74, 6) is 1.13. The largest absolute Gasteiger partial charge is 0.455 e. The number of hydrogen-bond donors (Lipinski definition) is 2. The van der Waals surface area contributed by atoms with Crippen LogP contribution in [0, 0.1) is 0 Å². The lowest BCUT2D eigenvalue weighted by molar-refractivity contribution is 0.101. The van der Waals surface area contributed by atoms with Crippen molar-refractivity contribution in [3.63, 3.8) is 0 Å². The molecule has 2 amide bonds. The summed E-state index contributed by atoms with van der Waals surface area (Å²) in [5.41, 5.74) is 8.43. The van der Waals surface area contributed by atoms with Gasteiger partial charge in [0.1, 0.15) is 11.5 Å². The summed E-state index contributed by atoms with van der Waals surface area (Å²) in [6.45, 7) is 1.52. The van der Waals surface area contributed by atoms with Crippen molar-refractivity contribution in [2.24, 2.45) is 10.8 Å². The number of rotatable bonds is 4. The molecule has 102 valence electrons. The molecule has 0 aliphatic heterocycles. The molecule has 0 bridgehead atoms. The molecule has 3 N–H and O–H groups in total. The van der Waals surface area contributed by atoms with E-state index in [2.05, 4.69) is 10.5 Å². The van der Waals surface area contributed by atoms with Crippen LogP contribution in [0.25, 0.3) is 11.3 Å². The van der Waals surface area contributed by atoms with E-state index in [-0.39, 0.29) is 5.78 Å². The summed E-state index contributed by atoms with van der Waals surface area (Å²) in [6.07, 6.45) is 1.35. The highest BCUT2D eigenvalue weighted by Gasteiger charge is 2.05. The van der Waals surface area contributed by atoms with Crippen molar-refractivity contribution in [3.8, 4) is 11.3 Å². The number of furan rings is 1. The zero-order valence-electron chi connectivity index (χ0n) is 10.8. The van der Waals surface area contributed by atoms with Crippen LogP contribution in [-0.2, 0) is 0 Å². The maximum Gasteiger partial charge on any atom is 0.332 e. The maximum atomic E-state index is 11.2. The molecular weight excluding hydrogens is 258 g/mol. The van der Waals surface area contributed by atoms with Crippen LogP contribution in [0.2, 0.25) is 0 Å². The van der Waals surface area contributed by atoms with Crippen LogP contribution in [0.1, 0.15) is 23.0 Å². The molecule has 0 saturated heterocycles. The van der Waals surface area contributed by atoms with Crippen molar-refractivity contribution in [2.45, 2.75) is 6.92 Å². The fourth-order valence-electron chi connectivity index (χ4n) is 1.61. The summed E-state index contributed by atoms with van der Waals surface area (Å²) < 4.78 is 5.53. The number of ketones is 1. The number of urea groups is 1. The molecule has 6 nitrogen and oxygen atoms in total. The smallest absolute Gasteiger partial charge is 0.332 e. The van der Waals surface area contributed by atoms with Gasteiger partial charge in [0.25, 0.3) is 0 Å². The maximum absolute atomic E-state index is 11.2. The molecule has 0 aliphatic rings. The number of hydrogen-bond acceptors (Lipinski definition) is 4. The van der Waals surface area contributed by atoms with Gasteiger partial charge in [-0.2, -0.15) is 5.10 Å². The number of amides is 2. The van der Waals surface area contributed by atoms with E-state index in [0.29, 0.717) is 17.1 Å². The van der Waals surface area contributed by atoms with E-state index in [4.69, 9.17) is 10.2 Å². The molecule has 0 fully saturated rings. The van der Waals surface area contributed by atoms with E-state index >= 15 is 0 Å². The van der Waals surface area contributed by atoms with Gasteiger partial charge >= 0.3 is 6.03 Å². The van der Waals surface area contributed by atoms with Gasteiger partial charge in [-0.05, 0) is 19.1 Å². The monoisotopic (exact) mass is 271 g/mol. The van der Waals surface area contributed by atoms with Gasteiger partial charge in [-0.15, -0.1) is 0 Å². The van der Waals surface area contributed by atoms with Gasteiger partial charge in [-0.1, -0.05) is 24.3 Å². The third kappa shape index (κ3) is 3.32. The number of benzene rings is 1. The third-order valence-electron chi connectivity index (χ3n) is 2.57. The summed E-state index contributed by atoms with van der Waals surface area (Å²) in [5, 5.41) is 3.60. The average molecular weight is 271 g/mol. The second-order valence-corrected chi connectivity index (χ2v) is 4.07. The van der Waals surface area contributed by atoms with E-state index in [0.717, 1.165) is 5.56 Å². The molecule has 0 aliphatic carbocycles. The Morgan fingerprint density at radius 1 is 1.20 bits per heavy atom. The molecule has 0 atom stereocenters. The van der Waals surface area contributed by atoms with Crippen molar-refractivity contribution >= 4 is 18.0 Å².